The molecule has 4 unspecified atom stereocenters. The van der Waals surface area contributed by atoms with Crippen LogP contribution in [0.25, 0.3) is 0 Å². The van der Waals surface area contributed by atoms with Crippen LogP contribution in [0.15, 0.2) is 34.5 Å². The van der Waals surface area contributed by atoms with Gasteiger partial charge in [-0.15, -0.1) is 0 Å². The molecule has 0 amide bonds. The molecule has 1 aromatic rings. The third kappa shape index (κ3) is 4.71. The summed E-state index contributed by atoms with van der Waals surface area (Å²) >= 11 is 0. The first kappa shape index (κ1) is 27.2. The van der Waals surface area contributed by atoms with E-state index in [-0.39, 0.29) is 33.4 Å². The molecule has 0 aromatic heterocycles. The van der Waals surface area contributed by atoms with Gasteiger partial charge in [0.05, 0.1) is 11.9 Å². The van der Waals surface area contributed by atoms with Gasteiger partial charge in [0, 0.05) is 12.5 Å². The molecule has 188 valence electrons. The minimum Gasteiger partial charge on any atom is -0.413 e. The summed E-state index contributed by atoms with van der Waals surface area (Å²) in [5, 5.41) is 1.16. The van der Waals surface area contributed by atoms with Crippen molar-refractivity contribution >= 4 is 30.7 Å². The van der Waals surface area contributed by atoms with E-state index in [9.17, 15) is 8.42 Å². The quantitative estimate of drug-likeness (QED) is 0.290. The predicted molar refractivity (Wildman–Crippen MR) is 146 cm³/mol. The lowest BCUT2D eigenvalue weighted by atomic mass is 9.70. The lowest BCUT2D eigenvalue weighted by molar-refractivity contribution is 0.0237. The maximum absolute atomic E-state index is 13.9. The van der Waals surface area contributed by atoms with Gasteiger partial charge in [0.25, 0.3) is 10.0 Å². The van der Waals surface area contributed by atoms with Gasteiger partial charge in [-0.25, -0.2) is 8.42 Å². The summed E-state index contributed by atoms with van der Waals surface area (Å²) in [6.07, 6.45) is 2.98. The molecule has 2 bridgehead atoms. The Hall–Kier alpha value is -0.423. The largest absolute Gasteiger partial charge is 0.413 e. The maximum atomic E-state index is 13.9. The average Bonchev–Trinajstić information content (AvgIpc) is 3.01. The maximum Gasteiger partial charge on any atom is 0.252 e. The number of hydrogen-bond acceptors (Lipinski definition) is 3. The Morgan fingerprint density at radius 2 is 1.76 bits per heavy atom. The van der Waals surface area contributed by atoms with Crippen LogP contribution >= 0.6 is 7.05 Å². The van der Waals surface area contributed by atoms with E-state index in [2.05, 4.69) is 68.2 Å². The van der Waals surface area contributed by atoms with Crippen LogP contribution in [0, 0.1) is 16.7 Å². The van der Waals surface area contributed by atoms with E-state index in [1.165, 1.54) is 0 Å². The number of hydrogen-bond donors (Lipinski definition) is 0. The summed E-state index contributed by atoms with van der Waals surface area (Å²) in [6, 6.07) is 10.0. The molecule has 1 aromatic carbocycles. The van der Waals surface area contributed by atoms with Gasteiger partial charge in [0.15, 0.2) is 8.32 Å². The highest BCUT2D eigenvalue weighted by atomic mass is 32.2. The molecule has 0 aliphatic heterocycles. The zero-order chi connectivity index (χ0) is 25.1. The standard InChI is InChI=1S/C26H46NO3PSSi/c1-20(2)31(8,22-14-12-11-13-15-22)27-32(28,29)19-26-17-16-21(25(26,6)7)18-23(26)30-33(9,10)24(3,4)5/h11-15,20-21,23H,16-19H2,1-10H3. The molecule has 4 atom stereocenters. The number of benzene rings is 1. The molecule has 0 N–H and O–H groups in total. The Balaban J connectivity index is 2.05. The summed E-state index contributed by atoms with van der Waals surface area (Å²) in [4.78, 5) is 0. The molecule has 3 rings (SSSR count). The van der Waals surface area contributed by atoms with Crippen molar-refractivity contribution < 1.29 is 12.8 Å². The van der Waals surface area contributed by atoms with Crippen molar-refractivity contribution in [3.63, 3.8) is 0 Å². The molecule has 2 aliphatic carbocycles. The zero-order valence-corrected chi connectivity index (χ0v) is 25.2. The summed E-state index contributed by atoms with van der Waals surface area (Å²) in [6.45, 7) is 22.2. The van der Waals surface area contributed by atoms with Crippen molar-refractivity contribution in [2.24, 2.45) is 20.9 Å². The molecule has 2 fully saturated rings. The third-order valence-electron chi connectivity index (χ3n) is 9.62. The van der Waals surface area contributed by atoms with Gasteiger partial charge in [-0.05, 0) is 66.4 Å². The topological polar surface area (TPSA) is 55.7 Å². The first-order chi connectivity index (χ1) is 14.9. The Morgan fingerprint density at radius 1 is 1.18 bits per heavy atom. The van der Waals surface area contributed by atoms with Gasteiger partial charge in [0.2, 0.25) is 0 Å². The highest BCUT2D eigenvalue weighted by molar-refractivity contribution is 7.95. The van der Waals surface area contributed by atoms with E-state index in [0.29, 0.717) is 5.92 Å². The fourth-order valence-corrected chi connectivity index (χ4v) is 13.4. The molecule has 0 heterocycles. The van der Waals surface area contributed by atoms with Crippen LogP contribution in [0.2, 0.25) is 18.1 Å². The lowest BCUT2D eigenvalue weighted by Gasteiger charge is -2.47. The molecule has 0 saturated heterocycles. The van der Waals surface area contributed by atoms with Gasteiger partial charge >= 0.3 is 0 Å². The van der Waals surface area contributed by atoms with Gasteiger partial charge in [0.1, 0.15) is 0 Å². The second-order valence-electron chi connectivity index (χ2n) is 13.0. The molecule has 0 radical (unpaired) electrons. The first-order valence-electron chi connectivity index (χ1n) is 12.4. The Morgan fingerprint density at radius 3 is 2.24 bits per heavy atom. The molecule has 33 heavy (non-hydrogen) atoms. The van der Waals surface area contributed by atoms with Gasteiger partial charge in [-0.2, -0.15) is 4.15 Å². The SMILES string of the molecule is CC(C)P(C)(=NS(=O)(=O)CC12CCC(CC1O[Si](C)(C)C(C)(C)C)C2(C)C)c1ccccc1. The normalized spacial score (nSPS) is 29.3. The number of fused-ring (bicyclic) bond motifs is 2. The van der Waals surface area contributed by atoms with Crippen molar-refractivity contribution in [2.45, 2.75) is 97.6 Å². The Labute approximate surface area is 204 Å². The van der Waals surface area contributed by atoms with E-state index < -0.39 is 25.4 Å². The summed E-state index contributed by atoms with van der Waals surface area (Å²) < 4.78 is 39.5. The van der Waals surface area contributed by atoms with Crippen molar-refractivity contribution in [1.29, 1.82) is 0 Å². The third-order valence-corrected chi connectivity index (χ3v) is 20.7. The van der Waals surface area contributed by atoms with Crippen molar-refractivity contribution in [2.75, 3.05) is 12.4 Å². The van der Waals surface area contributed by atoms with Crippen LogP contribution < -0.4 is 5.30 Å². The molecule has 4 nitrogen and oxygen atoms in total. The highest BCUT2D eigenvalue weighted by Gasteiger charge is 2.66. The van der Waals surface area contributed by atoms with Crippen molar-refractivity contribution in [3.05, 3.63) is 30.3 Å². The summed E-state index contributed by atoms with van der Waals surface area (Å²) in [7, 11) is -7.90. The smallest absolute Gasteiger partial charge is 0.252 e. The molecular formula is C26H46NO3PSSi. The van der Waals surface area contributed by atoms with Crippen LogP contribution in [0.3, 0.4) is 0 Å². The first-order valence-corrected chi connectivity index (χ1v) is 19.2. The van der Waals surface area contributed by atoms with Crippen molar-refractivity contribution in [1.82, 2.24) is 0 Å². The molecule has 2 saturated carbocycles. The van der Waals surface area contributed by atoms with Crippen LogP contribution in [0.5, 0.6) is 0 Å². The fourth-order valence-electron chi connectivity index (χ4n) is 5.82. The zero-order valence-electron chi connectivity index (χ0n) is 22.5. The minimum atomic E-state index is -3.64. The lowest BCUT2D eigenvalue weighted by Crippen LogP contribution is -2.52. The Kier molecular flexibility index (Phi) is 7.08. The second kappa shape index (κ2) is 8.60. The van der Waals surface area contributed by atoms with Crippen LogP contribution in [0.4, 0.5) is 0 Å². The minimum absolute atomic E-state index is 0.00233. The fraction of sp³-hybridized carbons (Fsp3) is 0.769. The van der Waals surface area contributed by atoms with Gasteiger partial charge < -0.3 is 4.43 Å². The van der Waals surface area contributed by atoms with Crippen LogP contribution in [-0.2, 0) is 14.4 Å². The predicted octanol–water partition coefficient (Wildman–Crippen LogP) is 7.10. The molecular weight excluding hydrogens is 465 g/mol. The Bertz CT molecular complexity index is 1030. The molecule has 7 heteroatoms. The van der Waals surface area contributed by atoms with E-state index in [1.807, 2.05) is 30.3 Å². The average molecular weight is 512 g/mol. The number of sulfonamides is 1. The monoisotopic (exact) mass is 511 g/mol. The van der Waals surface area contributed by atoms with Crippen LogP contribution in [0.1, 0.15) is 67.7 Å². The van der Waals surface area contributed by atoms with E-state index in [1.54, 1.807) is 0 Å². The summed E-state index contributed by atoms with van der Waals surface area (Å²) in [5.41, 5.74) is -0.268. The number of rotatable bonds is 7. The van der Waals surface area contributed by atoms with E-state index >= 15 is 0 Å². The van der Waals surface area contributed by atoms with Gasteiger partial charge in [-0.1, -0.05) is 78.8 Å². The van der Waals surface area contributed by atoms with E-state index in [4.69, 9.17) is 8.58 Å². The second-order valence-corrected chi connectivity index (χ2v) is 23.4. The van der Waals surface area contributed by atoms with Crippen LogP contribution in [-0.4, -0.2) is 40.9 Å². The summed E-state index contributed by atoms with van der Waals surface area (Å²) in [5.74, 6) is 0.626. The molecule has 0 spiro atoms. The van der Waals surface area contributed by atoms with E-state index in [0.717, 1.165) is 24.6 Å². The molecule has 2 aliphatic rings. The van der Waals surface area contributed by atoms with Crippen molar-refractivity contribution in [3.8, 4) is 0 Å². The number of nitrogens with zero attached hydrogens (tertiary/aromatic N) is 1. The van der Waals surface area contributed by atoms with Gasteiger partial charge in [-0.3, -0.25) is 0 Å². The highest BCUT2D eigenvalue weighted by Crippen LogP contribution is 2.68.